The highest BCUT2D eigenvalue weighted by Gasteiger charge is 2.30. The number of benzene rings is 4. The van der Waals surface area contributed by atoms with Crippen molar-refractivity contribution in [1.29, 1.82) is 0 Å². The van der Waals surface area contributed by atoms with Gasteiger partial charge in [-0.25, -0.2) is 8.78 Å². The van der Waals surface area contributed by atoms with E-state index in [9.17, 15) is 23.5 Å². The van der Waals surface area contributed by atoms with E-state index in [2.05, 4.69) is 33.2 Å². The first-order valence-corrected chi connectivity index (χ1v) is 15.6. The number of fused-ring (bicyclic) bond motifs is 1. The molecule has 2 amide bonds. The van der Waals surface area contributed by atoms with Crippen molar-refractivity contribution in [2.75, 3.05) is 11.4 Å². The van der Waals surface area contributed by atoms with Crippen molar-refractivity contribution in [2.45, 2.75) is 44.5 Å². The van der Waals surface area contributed by atoms with Gasteiger partial charge in [-0.15, -0.1) is 0 Å². The first-order valence-electron chi connectivity index (χ1n) is 14.2. The molecule has 0 saturated carbocycles. The van der Waals surface area contributed by atoms with Gasteiger partial charge in [-0.1, -0.05) is 48.0 Å². The molecule has 5 rings (SSSR count). The number of hydrogen-bond donors (Lipinski definition) is 3. The quantitative estimate of drug-likeness (QED) is 0.157. The fourth-order valence-electron chi connectivity index (χ4n) is 5.34. The third-order valence-corrected chi connectivity index (χ3v) is 8.69. The van der Waals surface area contributed by atoms with Crippen LogP contribution in [0.15, 0.2) is 84.9 Å². The minimum atomic E-state index is -1.06. The van der Waals surface area contributed by atoms with E-state index in [1.54, 1.807) is 36.1 Å². The number of hydrogen-bond acceptors (Lipinski definition) is 4. The van der Waals surface area contributed by atoms with E-state index in [0.29, 0.717) is 40.5 Å². The molecule has 6 nitrogen and oxygen atoms in total. The summed E-state index contributed by atoms with van der Waals surface area (Å²) in [6, 6.07) is 22.7. The number of amides is 2. The number of aliphatic hydroxyl groups is 1. The van der Waals surface area contributed by atoms with Crippen LogP contribution in [0.1, 0.15) is 45.5 Å². The van der Waals surface area contributed by atoms with Crippen LogP contribution in [-0.2, 0) is 24.3 Å². The Labute approximate surface area is 273 Å². The van der Waals surface area contributed by atoms with Crippen molar-refractivity contribution < 1.29 is 23.5 Å². The zero-order valence-corrected chi connectivity index (χ0v) is 26.8. The Morgan fingerprint density at radius 3 is 2.45 bits per heavy atom. The van der Waals surface area contributed by atoms with Gasteiger partial charge in [-0.3, -0.25) is 9.59 Å². The standard InChI is InChI=1S/C34H31ClF2IN3O3/c1-20(23-9-10-31(29(35)15-23)41-19-24-6-2-3-8-28(24)34(41)44)33(43)40-30(14-22-11-25(36)16-26(37)12-22)32(42)18-39-17-21-5-4-7-27(38)13-21/h2-13,15-16,20,30,32,39,42H,14,17-19H2,1H3,(H,40,43). The topological polar surface area (TPSA) is 81.7 Å². The summed E-state index contributed by atoms with van der Waals surface area (Å²) in [5.41, 5.74) is 4.05. The van der Waals surface area contributed by atoms with Crippen molar-refractivity contribution in [2.24, 2.45) is 0 Å². The normalized spacial score (nSPS) is 14.7. The molecule has 0 saturated heterocycles. The van der Waals surface area contributed by atoms with Crippen LogP contribution in [0.2, 0.25) is 5.02 Å². The Morgan fingerprint density at radius 1 is 1.00 bits per heavy atom. The molecule has 1 aliphatic heterocycles. The number of aliphatic hydroxyl groups excluding tert-OH is 1. The van der Waals surface area contributed by atoms with E-state index in [-0.39, 0.29) is 18.9 Å². The molecule has 0 aliphatic carbocycles. The molecule has 44 heavy (non-hydrogen) atoms. The highest BCUT2D eigenvalue weighted by molar-refractivity contribution is 14.1. The molecule has 4 aromatic carbocycles. The third kappa shape index (κ3) is 7.63. The molecule has 1 aliphatic rings. The SMILES string of the molecule is CC(C(=O)NC(Cc1cc(F)cc(F)c1)C(O)CNCc1cccc(I)c1)c1ccc(N2Cc3ccccc3C2=O)c(Cl)c1. The number of halogens is 4. The molecule has 0 aromatic heterocycles. The van der Waals surface area contributed by atoms with Crippen LogP contribution in [0.5, 0.6) is 0 Å². The maximum atomic E-state index is 14.0. The molecule has 0 spiro atoms. The van der Waals surface area contributed by atoms with Crippen LogP contribution < -0.4 is 15.5 Å². The minimum Gasteiger partial charge on any atom is -0.390 e. The Hall–Kier alpha value is -3.38. The van der Waals surface area contributed by atoms with Crippen LogP contribution in [0.3, 0.4) is 0 Å². The molecule has 228 valence electrons. The van der Waals surface area contributed by atoms with Gasteiger partial charge in [0.05, 0.1) is 35.3 Å². The number of carbonyl (C=O) groups is 2. The second-order valence-electron chi connectivity index (χ2n) is 10.9. The lowest BCUT2D eigenvalue weighted by Crippen LogP contribution is -2.49. The van der Waals surface area contributed by atoms with Crippen LogP contribution >= 0.6 is 34.2 Å². The van der Waals surface area contributed by atoms with E-state index in [0.717, 1.165) is 20.8 Å². The maximum absolute atomic E-state index is 14.0. The third-order valence-electron chi connectivity index (χ3n) is 7.72. The van der Waals surface area contributed by atoms with E-state index in [4.69, 9.17) is 11.6 Å². The molecule has 3 unspecified atom stereocenters. The van der Waals surface area contributed by atoms with Gasteiger partial charge < -0.3 is 20.6 Å². The Bertz CT molecular complexity index is 1670. The summed E-state index contributed by atoms with van der Waals surface area (Å²) in [6.45, 7) is 2.74. The molecule has 0 radical (unpaired) electrons. The van der Waals surface area contributed by atoms with Crippen LogP contribution in [0.4, 0.5) is 14.5 Å². The van der Waals surface area contributed by atoms with Gasteiger partial charge in [0.25, 0.3) is 5.91 Å². The molecule has 10 heteroatoms. The predicted octanol–water partition coefficient (Wildman–Crippen LogP) is 6.36. The van der Waals surface area contributed by atoms with E-state index >= 15 is 0 Å². The summed E-state index contributed by atoms with van der Waals surface area (Å²) < 4.78 is 29.0. The van der Waals surface area contributed by atoms with E-state index < -0.39 is 35.6 Å². The van der Waals surface area contributed by atoms with Gasteiger partial charge in [0.1, 0.15) is 11.6 Å². The molecule has 3 N–H and O–H groups in total. The number of anilines is 1. The second-order valence-corrected chi connectivity index (χ2v) is 12.6. The lowest BCUT2D eigenvalue weighted by Gasteiger charge is -2.27. The second kappa shape index (κ2) is 14.2. The lowest BCUT2D eigenvalue weighted by molar-refractivity contribution is -0.123. The summed E-state index contributed by atoms with van der Waals surface area (Å²) in [5, 5.41) is 17.5. The first-order chi connectivity index (χ1) is 21.1. The summed E-state index contributed by atoms with van der Waals surface area (Å²) in [4.78, 5) is 28.0. The zero-order valence-electron chi connectivity index (χ0n) is 23.9. The fourth-order valence-corrected chi connectivity index (χ4v) is 6.24. The minimum absolute atomic E-state index is 0.0105. The van der Waals surface area contributed by atoms with Crippen molar-refractivity contribution in [3.8, 4) is 0 Å². The smallest absolute Gasteiger partial charge is 0.258 e. The van der Waals surface area contributed by atoms with E-state index in [1.807, 2.05) is 42.5 Å². The van der Waals surface area contributed by atoms with Crippen molar-refractivity contribution in [3.05, 3.63) is 133 Å². The molecular weight excluding hydrogens is 699 g/mol. The Morgan fingerprint density at radius 2 is 1.75 bits per heavy atom. The van der Waals surface area contributed by atoms with Crippen molar-refractivity contribution in [3.63, 3.8) is 0 Å². The Balaban J connectivity index is 1.29. The summed E-state index contributed by atoms with van der Waals surface area (Å²) >= 11 is 8.86. The zero-order chi connectivity index (χ0) is 31.4. The first kappa shape index (κ1) is 32.0. The van der Waals surface area contributed by atoms with Gasteiger partial charge in [-0.2, -0.15) is 0 Å². The maximum Gasteiger partial charge on any atom is 0.258 e. The van der Waals surface area contributed by atoms with Crippen LogP contribution in [-0.4, -0.2) is 35.6 Å². The van der Waals surface area contributed by atoms with Gasteiger partial charge in [0.2, 0.25) is 5.91 Å². The molecule has 1 heterocycles. The summed E-state index contributed by atoms with van der Waals surface area (Å²) in [7, 11) is 0. The molecular formula is C34H31ClF2IN3O3. The van der Waals surface area contributed by atoms with Crippen LogP contribution in [0.25, 0.3) is 0 Å². The average Bonchev–Trinajstić information content (AvgIpc) is 3.31. The average molecular weight is 730 g/mol. The van der Waals surface area contributed by atoms with Crippen molar-refractivity contribution >= 4 is 51.7 Å². The predicted molar refractivity (Wildman–Crippen MR) is 176 cm³/mol. The van der Waals surface area contributed by atoms with E-state index in [1.165, 1.54) is 12.1 Å². The number of nitrogens with one attached hydrogen (secondary N) is 2. The van der Waals surface area contributed by atoms with Crippen molar-refractivity contribution in [1.82, 2.24) is 10.6 Å². The largest absolute Gasteiger partial charge is 0.390 e. The molecule has 3 atom stereocenters. The van der Waals surface area contributed by atoms with Crippen LogP contribution in [0, 0.1) is 15.2 Å². The highest BCUT2D eigenvalue weighted by Crippen LogP contribution is 2.35. The monoisotopic (exact) mass is 729 g/mol. The molecule has 4 aromatic rings. The summed E-state index contributed by atoms with van der Waals surface area (Å²) in [6.07, 6.45) is -1.05. The van der Waals surface area contributed by atoms with Gasteiger partial charge in [-0.05, 0) is 101 Å². The lowest BCUT2D eigenvalue weighted by atomic mass is 9.96. The van der Waals surface area contributed by atoms with Gasteiger partial charge in [0.15, 0.2) is 0 Å². The molecule has 0 fully saturated rings. The van der Waals surface area contributed by atoms with Gasteiger partial charge in [0, 0.05) is 28.3 Å². The molecule has 0 bridgehead atoms. The fraction of sp³-hybridized carbons (Fsp3) is 0.235. The number of nitrogens with zero attached hydrogens (tertiary/aromatic N) is 1. The number of rotatable bonds is 11. The number of carbonyl (C=O) groups excluding carboxylic acids is 2. The highest BCUT2D eigenvalue weighted by atomic mass is 127. The summed E-state index contributed by atoms with van der Waals surface area (Å²) in [5.74, 6) is -2.68. The Kier molecular flexibility index (Phi) is 10.3. The van der Waals surface area contributed by atoms with Gasteiger partial charge >= 0.3 is 0 Å².